The van der Waals surface area contributed by atoms with E-state index in [-0.39, 0.29) is 103 Å². The van der Waals surface area contributed by atoms with Crippen LogP contribution in [0.4, 0.5) is 0 Å². The van der Waals surface area contributed by atoms with Gasteiger partial charge in [-0.2, -0.15) is 0 Å². The zero-order chi connectivity index (χ0) is 9.65. The van der Waals surface area contributed by atoms with E-state index in [4.69, 9.17) is 34.6 Å². The molecule has 0 aliphatic heterocycles. The summed E-state index contributed by atoms with van der Waals surface area (Å²) in [4.78, 5) is 18.2. The van der Waals surface area contributed by atoms with Gasteiger partial charge in [-0.05, 0) is 0 Å². The molecule has 70 valence electrons. The molecule has 0 aliphatic carbocycles. The number of aliphatic carboxylic acids is 2. The van der Waals surface area contributed by atoms with E-state index < -0.39 is 30.1 Å². The van der Waals surface area contributed by atoms with Gasteiger partial charge in [-0.3, -0.25) is 0 Å². The molecule has 6 N–H and O–H groups in total. The number of carboxylic acids is 2. The van der Waals surface area contributed by atoms with E-state index in [1.54, 1.807) is 0 Å². The number of rotatable bonds is 0. The third-order valence-electron chi connectivity index (χ3n) is 0.183. The Morgan fingerprint density at radius 3 is 0.846 bits per heavy atom. The molecule has 0 rings (SSSR count). The fourth-order valence-electron chi connectivity index (χ4n) is 0. The molecule has 0 unspecified atom stereocenters. The summed E-state index contributed by atoms with van der Waals surface area (Å²) in [5.74, 6) is -3.65. The second kappa shape index (κ2) is 12.8. The summed E-state index contributed by atoms with van der Waals surface area (Å²) in [6, 6.07) is 0. The Kier molecular flexibility index (Phi) is 24.5. The van der Waals surface area contributed by atoms with Crippen LogP contribution < -0.4 is 0 Å². The van der Waals surface area contributed by atoms with Crippen LogP contribution in [-0.2, 0) is 27.7 Å². The van der Waals surface area contributed by atoms with Crippen molar-refractivity contribution >= 4 is 115 Å². The van der Waals surface area contributed by atoms with Gasteiger partial charge in [-0.1, -0.05) is 0 Å². The fraction of sp³-hybridized carbons (Fsp3) is 0. The molecule has 0 aromatic heterocycles. The molecule has 0 atom stereocenters. The van der Waals surface area contributed by atoms with Crippen molar-refractivity contribution in [2.75, 3.05) is 0 Å². The molecule has 13 heavy (non-hydrogen) atoms. The van der Waals surface area contributed by atoms with Gasteiger partial charge in [0.25, 0.3) is 0 Å². The summed E-state index contributed by atoms with van der Waals surface area (Å²) in [7, 11) is 0. The van der Waals surface area contributed by atoms with Crippen LogP contribution in [0.5, 0.6) is 0 Å². The maximum absolute atomic E-state index is 9.10. The molecule has 0 aliphatic rings. The van der Waals surface area contributed by atoms with Gasteiger partial charge in [0, 0.05) is 0 Å². The third kappa shape index (κ3) is 52.6. The van der Waals surface area contributed by atoms with E-state index in [9.17, 15) is 0 Å². The number of hydrogen-bond donors (Lipinski definition) is 6. The van der Waals surface area contributed by atoms with Crippen LogP contribution >= 0.6 is 0 Å². The van der Waals surface area contributed by atoms with Crippen LogP contribution in [0.3, 0.4) is 0 Å². The van der Waals surface area contributed by atoms with E-state index in [1.165, 1.54) is 0 Å². The molecule has 0 saturated heterocycles. The average Bonchev–Trinajstić information content (AvgIpc) is 1.59. The first kappa shape index (κ1) is 24.8. The molecule has 0 aromatic rings. The van der Waals surface area contributed by atoms with Gasteiger partial charge >= 0.3 is 148 Å². The molecule has 0 spiro atoms. The Hall–Kier alpha value is 2.77. The third-order valence-corrected chi connectivity index (χ3v) is 0.183. The zero-order valence-electron chi connectivity index (χ0n) is 5.00. The number of carboxylic acid groups (broad SMARTS) is 2. The van der Waals surface area contributed by atoms with Gasteiger partial charge < -0.3 is 10.2 Å². The van der Waals surface area contributed by atoms with Gasteiger partial charge in [0.15, 0.2) is 0 Å². The molecule has 0 radical (unpaired) electrons. The molecular weight excluding hydrogens is 278 g/mol. The Morgan fingerprint density at radius 2 is 0.846 bits per heavy atom. The summed E-state index contributed by atoms with van der Waals surface area (Å²) in [6.07, 6.45) is 0. The van der Waals surface area contributed by atoms with Crippen molar-refractivity contribution in [2.24, 2.45) is 0 Å². The first-order chi connectivity index (χ1) is 4.64. The van der Waals surface area contributed by atoms with Crippen LogP contribution in [0.25, 0.3) is 0 Å². The van der Waals surface area contributed by atoms with Gasteiger partial charge in [-0.15, -0.1) is 0 Å². The van der Waals surface area contributed by atoms with E-state index in [0.29, 0.717) is 0 Å². The standard InChI is InChI=1S/C2H2O4.2K.4H2O.Ti.2H/c3-1(4)2(5)6;;;;;;;;;/h(H,3,4)(H,5,6);;;4*1H2;;;/q;;;;;;;+4;;/p-4. The van der Waals surface area contributed by atoms with Gasteiger partial charge in [-0.25, -0.2) is 9.59 Å². The van der Waals surface area contributed by atoms with Crippen LogP contribution in [0.1, 0.15) is 0 Å². The van der Waals surface area contributed by atoms with Crippen molar-refractivity contribution in [2.45, 2.75) is 0 Å². The number of carbonyl (C=O) groups is 2. The first-order valence-electron chi connectivity index (χ1n) is 2.00. The second-order valence-corrected chi connectivity index (χ2v) is 3.08. The van der Waals surface area contributed by atoms with E-state index >= 15 is 0 Å². The zero-order valence-corrected chi connectivity index (χ0v) is 6.56. The monoisotopic (exact) mass is 286 g/mol. The molecule has 0 fully saturated rings. The second-order valence-electron chi connectivity index (χ2n) is 1.21. The van der Waals surface area contributed by atoms with Crippen LogP contribution in [0.2, 0.25) is 0 Å². The van der Waals surface area contributed by atoms with E-state index in [0.717, 1.165) is 0 Å². The topological polar surface area (TPSA) is 156 Å². The van der Waals surface area contributed by atoms with Crippen LogP contribution in [0.15, 0.2) is 0 Å². The molecule has 0 saturated carbocycles. The maximum atomic E-state index is 9.10. The van der Waals surface area contributed by atoms with E-state index in [2.05, 4.69) is 0 Å². The Labute approximate surface area is 163 Å². The van der Waals surface area contributed by atoms with Crippen molar-refractivity contribution in [3.8, 4) is 0 Å². The van der Waals surface area contributed by atoms with Crippen molar-refractivity contribution in [1.29, 1.82) is 0 Å². The average molecular weight is 286 g/mol. The van der Waals surface area contributed by atoms with Crippen molar-refractivity contribution < 1.29 is 52.7 Å². The predicted molar refractivity (Wildman–Crippen MR) is 38.4 cm³/mol. The SMILES string of the molecule is O=C(O)C(=O)O.[KH].[KH].[OH][Ti]([OH])([OH])[OH]. The quantitative estimate of drug-likeness (QED) is 0.193. The van der Waals surface area contributed by atoms with Gasteiger partial charge in [0.05, 0.1) is 0 Å². The Morgan fingerprint density at radius 1 is 0.769 bits per heavy atom. The van der Waals surface area contributed by atoms with Gasteiger partial charge in [0.1, 0.15) is 0 Å². The predicted octanol–water partition coefficient (Wildman–Crippen LogP) is -4.37. The Balaban J connectivity index is -0.0000000546. The summed E-state index contributed by atoms with van der Waals surface area (Å²) in [6.45, 7) is 0. The van der Waals surface area contributed by atoms with Crippen molar-refractivity contribution in [3.05, 3.63) is 0 Å². The fourth-order valence-corrected chi connectivity index (χ4v) is 0. The molecule has 8 nitrogen and oxygen atoms in total. The summed E-state index contributed by atoms with van der Waals surface area (Å²) >= 11 is -5.00. The minimum absolute atomic E-state index is 0. The van der Waals surface area contributed by atoms with Gasteiger partial charge in [0.2, 0.25) is 0 Å². The molecule has 0 amide bonds. The minimum atomic E-state index is -5.00. The van der Waals surface area contributed by atoms with E-state index in [1.807, 2.05) is 0 Å². The number of hydrogen-bond acceptors (Lipinski definition) is 6. The van der Waals surface area contributed by atoms with Crippen molar-refractivity contribution in [3.63, 3.8) is 0 Å². The summed E-state index contributed by atoms with van der Waals surface area (Å²) in [5.41, 5.74) is 0. The first-order valence-corrected chi connectivity index (χ1v) is 4.79. The summed E-state index contributed by atoms with van der Waals surface area (Å²) < 4.78 is 29.5. The molecular formula is C2H8K2O8Ti. The normalized spacial score (nSPS) is 8.00. The Bertz CT molecular complexity index is 135. The summed E-state index contributed by atoms with van der Waals surface area (Å²) in [5, 5.41) is 14.8. The van der Waals surface area contributed by atoms with Crippen molar-refractivity contribution in [1.82, 2.24) is 0 Å². The molecule has 0 bridgehead atoms. The molecule has 11 heteroatoms. The van der Waals surface area contributed by atoms with Crippen LogP contribution in [0, 0.1) is 0 Å². The molecule has 0 heterocycles. The molecule has 0 aromatic carbocycles. The van der Waals surface area contributed by atoms with Crippen LogP contribution in [-0.4, -0.2) is 140 Å².